The maximum atomic E-state index is 11.9. The Bertz CT molecular complexity index is 670. The number of benzene rings is 2. The van der Waals surface area contributed by atoms with Crippen LogP contribution in [0.3, 0.4) is 0 Å². The standard InChI is InChI=1S/C16H14ClNO3/c17-12-5-3-4-11(10-12)8-9-15(19)18-14-7-2-1-6-13(14)16(20)21/h1-7,10H,8-9H2,(H,18,19)(H,20,21). The Balaban J connectivity index is 1.98. The predicted molar refractivity (Wildman–Crippen MR) is 81.8 cm³/mol. The van der Waals surface area contributed by atoms with Crippen LogP contribution in [0.5, 0.6) is 0 Å². The smallest absolute Gasteiger partial charge is 0.337 e. The Labute approximate surface area is 127 Å². The lowest BCUT2D eigenvalue weighted by Crippen LogP contribution is -2.15. The topological polar surface area (TPSA) is 66.4 Å². The number of carboxylic acid groups (broad SMARTS) is 1. The molecule has 0 atom stereocenters. The summed E-state index contributed by atoms with van der Waals surface area (Å²) in [6.45, 7) is 0. The van der Waals surface area contributed by atoms with Crippen molar-refractivity contribution in [3.8, 4) is 0 Å². The number of carboxylic acids is 1. The van der Waals surface area contributed by atoms with Gasteiger partial charge in [0.2, 0.25) is 5.91 Å². The number of carbonyl (C=O) groups excluding carboxylic acids is 1. The third-order valence-electron chi connectivity index (χ3n) is 2.96. The molecule has 5 heteroatoms. The van der Waals surface area contributed by atoms with Gasteiger partial charge < -0.3 is 10.4 Å². The van der Waals surface area contributed by atoms with Gasteiger partial charge in [-0.15, -0.1) is 0 Å². The number of nitrogens with one attached hydrogen (secondary N) is 1. The largest absolute Gasteiger partial charge is 0.478 e. The number of anilines is 1. The van der Waals surface area contributed by atoms with Crippen molar-refractivity contribution in [2.75, 3.05) is 5.32 Å². The van der Waals surface area contributed by atoms with Gasteiger partial charge in [-0.1, -0.05) is 35.9 Å². The van der Waals surface area contributed by atoms with Crippen LogP contribution < -0.4 is 5.32 Å². The van der Waals surface area contributed by atoms with Crippen molar-refractivity contribution in [2.24, 2.45) is 0 Å². The second kappa shape index (κ2) is 6.90. The molecular weight excluding hydrogens is 290 g/mol. The van der Waals surface area contributed by atoms with Crippen LogP contribution >= 0.6 is 11.6 Å². The zero-order valence-electron chi connectivity index (χ0n) is 11.2. The lowest BCUT2D eigenvalue weighted by molar-refractivity contribution is -0.116. The highest BCUT2D eigenvalue weighted by Gasteiger charge is 2.11. The average molecular weight is 304 g/mol. The van der Waals surface area contributed by atoms with Crippen molar-refractivity contribution < 1.29 is 14.7 Å². The molecule has 0 spiro atoms. The minimum absolute atomic E-state index is 0.0774. The Hall–Kier alpha value is -2.33. The molecule has 2 aromatic rings. The molecule has 0 aliphatic rings. The van der Waals surface area contributed by atoms with Crippen LogP contribution in [-0.4, -0.2) is 17.0 Å². The summed E-state index contributed by atoms with van der Waals surface area (Å²) in [6.07, 6.45) is 0.802. The van der Waals surface area contributed by atoms with E-state index in [9.17, 15) is 9.59 Å². The number of aryl methyl sites for hydroxylation is 1. The minimum Gasteiger partial charge on any atom is -0.478 e. The molecule has 0 unspecified atom stereocenters. The first-order chi connectivity index (χ1) is 10.1. The Kier molecular flexibility index (Phi) is 4.95. The summed E-state index contributed by atoms with van der Waals surface area (Å²) in [4.78, 5) is 23.0. The van der Waals surface area contributed by atoms with Crippen molar-refractivity contribution in [3.63, 3.8) is 0 Å². The molecule has 0 bridgehead atoms. The molecule has 2 N–H and O–H groups in total. The maximum absolute atomic E-state index is 11.9. The summed E-state index contributed by atoms with van der Waals surface area (Å²) in [6, 6.07) is 13.6. The third-order valence-corrected chi connectivity index (χ3v) is 3.20. The van der Waals surface area contributed by atoms with E-state index in [0.29, 0.717) is 17.1 Å². The second-order valence-electron chi connectivity index (χ2n) is 4.53. The zero-order chi connectivity index (χ0) is 15.2. The lowest BCUT2D eigenvalue weighted by Gasteiger charge is -2.08. The maximum Gasteiger partial charge on any atom is 0.337 e. The molecule has 0 saturated heterocycles. The molecule has 0 saturated carbocycles. The van der Waals surface area contributed by atoms with E-state index in [4.69, 9.17) is 16.7 Å². The number of para-hydroxylation sites is 1. The fourth-order valence-corrected chi connectivity index (χ4v) is 2.15. The Morgan fingerprint density at radius 2 is 1.86 bits per heavy atom. The number of carbonyl (C=O) groups is 2. The van der Waals surface area contributed by atoms with E-state index < -0.39 is 5.97 Å². The highest BCUT2D eigenvalue weighted by atomic mass is 35.5. The molecule has 0 aromatic heterocycles. The quantitative estimate of drug-likeness (QED) is 0.886. The van der Waals surface area contributed by atoms with E-state index in [-0.39, 0.29) is 17.9 Å². The zero-order valence-corrected chi connectivity index (χ0v) is 11.9. The fraction of sp³-hybridized carbons (Fsp3) is 0.125. The second-order valence-corrected chi connectivity index (χ2v) is 4.97. The number of hydrogen-bond donors (Lipinski definition) is 2. The van der Waals surface area contributed by atoms with Crippen molar-refractivity contribution in [1.29, 1.82) is 0 Å². The summed E-state index contributed by atoms with van der Waals surface area (Å²) in [5, 5.41) is 12.3. The first-order valence-electron chi connectivity index (χ1n) is 6.43. The average Bonchev–Trinajstić information content (AvgIpc) is 2.45. The van der Waals surface area contributed by atoms with Crippen LogP contribution in [-0.2, 0) is 11.2 Å². The van der Waals surface area contributed by atoms with Crippen LogP contribution in [0.25, 0.3) is 0 Å². The van der Waals surface area contributed by atoms with Gasteiger partial charge in [0.1, 0.15) is 0 Å². The van der Waals surface area contributed by atoms with Gasteiger partial charge in [0.25, 0.3) is 0 Å². The van der Waals surface area contributed by atoms with Crippen LogP contribution in [0.15, 0.2) is 48.5 Å². The third kappa shape index (κ3) is 4.33. The first kappa shape index (κ1) is 15.1. The number of rotatable bonds is 5. The molecule has 0 aliphatic heterocycles. The molecule has 21 heavy (non-hydrogen) atoms. The Morgan fingerprint density at radius 3 is 2.57 bits per heavy atom. The highest BCUT2D eigenvalue weighted by Crippen LogP contribution is 2.16. The van der Waals surface area contributed by atoms with E-state index in [1.807, 2.05) is 12.1 Å². The predicted octanol–water partition coefficient (Wildman–Crippen LogP) is 3.61. The number of aromatic carboxylic acids is 1. The molecule has 2 aromatic carbocycles. The lowest BCUT2D eigenvalue weighted by atomic mass is 10.1. The molecule has 0 fully saturated rings. The molecule has 108 valence electrons. The highest BCUT2D eigenvalue weighted by molar-refractivity contribution is 6.30. The van der Waals surface area contributed by atoms with Gasteiger partial charge in [0, 0.05) is 11.4 Å². The van der Waals surface area contributed by atoms with Crippen molar-refractivity contribution in [2.45, 2.75) is 12.8 Å². The van der Waals surface area contributed by atoms with Gasteiger partial charge in [-0.2, -0.15) is 0 Å². The van der Waals surface area contributed by atoms with Crippen molar-refractivity contribution >= 4 is 29.2 Å². The number of hydrogen-bond acceptors (Lipinski definition) is 2. The van der Waals surface area contributed by atoms with Gasteiger partial charge >= 0.3 is 5.97 Å². The van der Waals surface area contributed by atoms with Crippen molar-refractivity contribution in [1.82, 2.24) is 0 Å². The SMILES string of the molecule is O=C(CCc1cccc(Cl)c1)Nc1ccccc1C(=O)O. The normalized spacial score (nSPS) is 10.1. The van der Waals surface area contributed by atoms with Crippen LogP contribution in [0.2, 0.25) is 5.02 Å². The molecule has 2 rings (SSSR count). The van der Waals surface area contributed by atoms with Crippen LogP contribution in [0.4, 0.5) is 5.69 Å². The van der Waals surface area contributed by atoms with E-state index in [1.54, 1.807) is 30.3 Å². The van der Waals surface area contributed by atoms with E-state index in [0.717, 1.165) is 5.56 Å². The summed E-state index contributed by atoms with van der Waals surface area (Å²) in [7, 11) is 0. The van der Waals surface area contributed by atoms with Gasteiger partial charge in [-0.05, 0) is 36.2 Å². The molecule has 0 aliphatic carbocycles. The Morgan fingerprint density at radius 1 is 1.10 bits per heavy atom. The van der Waals surface area contributed by atoms with Gasteiger partial charge in [0.05, 0.1) is 11.3 Å². The van der Waals surface area contributed by atoms with Gasteiger partial charge in [-0.25, -0.2) is 4.79 Å². The van der Waals surface area contributed by atoms with Crippen LogP contribution in [0, 0.1) is 0 Å². The molecular formula is C16H14ClNO3. The number of halogens is 1. The monoisotopic (exact) mass is 303 g/mol. The van der Waals surface area contributed by atoms with Crippen molar-refractivity contribution in [3.05, 3.63) is 64.7 Å². The van der Waals surface area contributed by atoms with E-state index in [2.05, 4.69) is 5.32 Å². The summed E-state index contributed by atoms with van der Waals surface area (Å²) in [5.74, 6) is -1.30. The summed E-state index contributed by atoms with van der Waals surface area (Å²) < 4.78 is 0. The van der Waals surface area contributed by atoms with Gasteiger partial charge in [-0.3, -0.25) is 4.79 Å². The minimum atomic E-state index is -1.07. The molecule has 1 amide bonds. The van der Waals surface area contributed by atoms with Gasteiger partial charge in [0.15, 0.2) is 0 Å². The van der Waals surface area contributed by atoms with E-state index >= 15 is 0 Å². The summed E-state index contributed by atoms with van der Waals surface area (Å²) in [5.41, 5.74) is 1.35. The molecule has 0 heterocycles. The van der Waals surface area contributed by atoms with E-state index in [1.165, 1.54) is 6.07 Å². The molecule has 4 nitrogen and oxygen atoms in total. The molecule has 0 radical (unpaired) electrons. The number of amides is 1. The van der Waals surface area contributed by atoms with Crippen LogP contribution in [0.1, 0.15) is 22.3 Å². The summed E-state index contributed by atoms with van der Waals surface area (Å²) >= 11 is 5.88. The first-order valence-corrected chi connectivity index (χ1v) is 6.80. The fourth-order valence-electron chi connectivity index (χ4n) is 1.94.